The molecule has 2 atom stereocenters. The summed E-state index contributed by atoms with van der Waals surface area (Å²) < 4.78 is 67.8. The summed E-state index contributed by atoms with van der Waals surface area (Å²) in [6.45, 7) is 2.89. The van der Waals surface area contributed by atoms with Crippen LogP contribution in [0.1, 0.15) is 31.4 Å². The third kappa shape index (κ3) is 8.88. The number of methoxy groups -OCH3 is 2. The Balaban J connectivity index is 1.82. The minimum Gasteiger partial charge on any atom is -0.493 e. The summed E-state index contributed by atoms with van der Waals surface area (Å²) in [4.78, 5) is 29.5. The Kier molecular flexibility index (Phi) is 12.1. The molecule has 0 heterocycles. The molecule has 0 aromatic heterocycles. The van der Waals surface area contributed by atoms with E-state index in [-0.39, 0.29) is 35.3 Å². The maximum absolute atomic E-state index is 14.5. The van der Waals surface area contributed by atoms with E-state index >= 15 is 0 Å². The quantitative estimate of drug-likeness (QED) is 0.172. The standard InChI is InChI=1S/C36H39F2N3O6S/c1-5-25(2)39-36(43)32(21-26-9-7-6-8-10-26)40(23-27-11-13-28(37)14-12-27)35(42)24-41(30-17-15-29(38)16-18-30)48(44,45)31-19-20-33(46-3)34(22-31)47-4/h6-20,22,25,32H,5,21,23-24H2,1-4H3,(H,39,43)/t25-,32-/m1/s1. The highest BCUT2D eigenvalue weighted by atomic mass is 32.2. The minimum atomic E-state index is -4.48. The summed E-state index contributed by atoms with van der Waals surface area (Å²) in [6, 6.07) is 22.0. The number of amides is 2. The molecule has 4 aromatic rings. The number of ether oxygens (including phenoxy) is 2. The van der Waals surface area contributed by atoms with Crippen molar-refractivity contribution in [1.82, 2.24) is 10.2 Å². The number of nitrogens with one attached hydrogen (secondary N) is 1. The van der Waals surface area contributed by atoms with Crippen LogP contribution in [0.2, 0.25) is 0 Å². The summed E-state index contributed by atoms with van der Waals surface area (Å²) in [5.74, 6) is -1.78. The van der Waals surface area contributed by atoms with E-state index in [1.165, 1.54) is 73.7 Å². The number of halogens is 2. The van der Waals surface area contributed by atoms with Gasteiger partial charge in [0, 0.05) is 25.1 Å². The second-order valence-corrected chi connectivity index (χ2v) is 13.0. The molecular weight excluding hydrogens is 640 g/mol. The van der Waals surface area contributed by atoms with Crippen molar-refractivity contribution in [2.45, 2.75) is 50.2 Å². The summed E-state index contributed by atoms with van der Waals surface area (Å²) in [6.07, 6.45) is 0.757. The van der Waals surface area contributed by atoms with Crippen molar-refractivity contribution in [3.05, 3.63) is 120 Å². The lowest BCUT2D eigenvalue weighted by Crippen LogP contribution is -2.54. The fraction of sp³-hybridized carbons (Fsp3) is 0.278. The molecule has 0 fully saturated rings. The molecule has 4 aromatic carbocycles. The van der Waals surface area contributed by atoms with E-state index in [2.05, 4.69) is 5.32 Å². The van der Waals surface area contributed by atoms with Crippen LogP contribution in [0.15, 0.2) is 102 Å². The predicted molar refractivity (Wildman–Crippen MR) is 179 cm³/mol. The van der Waals surface area contributed by atoms with E-state index in [1.807, 2.05) is 44.2 Å². The molecule has 0 saturated carbocycles. The van der Waals surface area contributed by atoms with Gasteiger partial charge >= 0.3 is 0 Å². The zero-order valence-corrected chi connectivity index (χ0v) is 28.0. The van der Waals surface area contributed by atoms with Gasteiger partial charge in [0.15, 0.2) is 11.5 Å². The van der Waals surface area contributed by atoms with Crippen LogP contribution >= 0.6 is 0 Å². The van der Waals surface area contributed by atoms with Crippen molar-refractivity contribution in [3.63, 3.8) is 0 Å². The first-order chi connectivity index (χ1) is 23.0. The van der Waals surface area contributed by atoms with Crippen LogP contribution in [0.5, 0.6) is 11.5 Å². The third-order valence-corrected chi connectivity index (χ3v) is 9.64. The molecule has 254 valence electrons. The first kappa shape index (κ1) is 35.9. The van der Waals surface area contributed by atoms with Crippen LogP contribution in [-0.4, -0.2) is 58.0 Å². The molecule has 0 saturated heterocycles. The molecule has 0 aliphatic heterocycles. The minimum absolute atomic E-state index is 0.0185. The van der Waals surface area contributed by atoms with Gasteiger partial charge in [-0.3, -0.25) is 13.9 Å². The Morgan fingerprint density at radius 3 is 2.00 bits per heavy atom. The zero-order chi connectivity index (χ0) is 34.8. The highest BCUT2D eigenvalue weighted by molar-refractivity contribution is 7.92. The van der Waals surface area contributed by atoms with Gasteiger partial charge in [0.1, 0.15) is 24.2 Å². The molecular formula is C36H39F2N3O6S. The van der Waals surface area contributed by atoms with Crippen molar-refractivity contribution in [2.75, 3.05) is 25.1 Å². The molecule has 0 radical (unpaired) electrons. The largest absolute Gasteiger partial charge is 0.493 e. The Morgan fingerprint density at radius 1 is 0.812 bits per heavy atom. The van der Waals surface area contributed by atoms with Crippen molar-refractivity contribution in [1.29, 1.82) is 0 Å². The molecule has 0 spiro atoms. The number of benzene rings is 4. The number of carbonyl (C=O) groups is 2. The van der Waals surface area contributed by atoms with Crippen LogP contribution < -0.4 is 19.1 Å². The number of anilines is 1. The van der Waals surface area contributed by atoms with E-state index in [1.54, 1.807) is 0 Å². The van der Waals surface area contributed by atoms with E-state index in [4.69, 9.17) is 9.47 Å². The second-order valence-electron chi connectivity index (χ2n) is 11.2. The highest BCUT2D eigenvalue weighted by Crippen LogP contribution is 2.32. The smallest absolute Gasteiger partial charge is 0.264 e. The molecule has 9 nitrogen and oxygen atoms in total. The number of hydrogen-bond acceptors (Lipinski definition) is 6. The van der Waals surface area contributed by atoms with Crippen LogP contribution in [0, 0.1) is 11.6 Å². The third-order valence-electron chi connectivity index (χ3n) is 7.87. The van der Waals surface area contributed by atoms with Crippen LogP contribution in [0.3, 0.4) is 0 Å². The predicted octanol–water partition coefficient (Wildman–Crippen LogP) is 5.73. The summed E-state index contributed by atoms with van der Waals surface area (Å²) >= 11 is 0. The van der Waals surface area contributed by atoms with E-state index in [0.29, 0.717) is 17.7 Å². The van der Waals surface area contributed by atoms with Crippen LogP contribution in [-0.2, 0) is 32.6 Å². The summed E-state index contributed by atoms with van der Waals surface area (Å²) in [5.41, 5.74) is 1.31. The van der Waals surface area contributed by atoms with E-state index in [9.17, 15) is 26.8 Å². The molecule has 1 N–H and O–H groups in total. The first-order valence-electron chi connectivity index (χ1n) is 15.3. The van der Waals surface area contributed by atoms with Gasteiger partial charge in [-0.05, 0) is 73.0 Å². The molecule has 12 heteroatoms. The molecule has 0 unspecified atom stereocenters. The summed E-state index contributed by atoms with van der Waals surface area (Å²) in [5, 5.41) is 2.96. The summed E-state index contributed by atoms with van der Waals surface area (Å²) in [7, 11) is -1.71. The Hall–Kier alpha value is -4.97. The number of hydrogen-bond donors (Lipinski definition) is 1. The van der Waals surface area contributed by atoms with E-state index in [0.717, 1.165) is 22.0 Å². The SMILES string of the molecule is CC[C@@H](C)NC(=O)[C@@H](Cc1ccccc1)N(Cc1ccc(F)cc1)C(=O)CN(c1ccc(F)cc1)S(=O)(=O)c1ccc(OC)c(OC)c1. The topological polar surface area (TPSA) is 105 Å². The lowest BCUT2D eigenvalue weighted by atomic mass is 10.0. The fourth-order valence-electron chi connectivity index (χ4n) is 5.02. The lowest BCUT2D eigenvalue weighted by Gasteiger charge is -2.34. The van der Waals surface area contributed by atoms with Crippen LogP contribution in [0.25, 0.3) is 0 Å². The van der Waals surface area contributed by atoms with Crippen molar-refractivity contribution in [2.24, 2.45) is 0 Å². The number of carbonyl (C=O) groups excluding carboxylic acids is 2. The molecule has 0 aliphatic carbocycles. The molecule has 48 heavy (non-hydrogen) atoms. The van der Waals surface area contributed by atoms with Gasteiger partial charge in [-0.25, -0.2) is 17.2 Å². The first-order valence-corrected chi connectivity index (χ1v) is 16.8. The molecule has 0 bridgehead atoms. The molecule has 2 amide bonds. The Bertz CT molecular complexity index is 1790. The fourth-order valence-corrected chi connectivity index (χ4v) is 6.45. The van der Waals surface area contributed by atoms with Crippen molar-refractivity contribution in [3.8, 4) is 11.5 Å². The van der Waals surface area contributed by atoms with Gasteiger partial charge in [-0.15, -0.1) is 0 Å². The molecule has 4 rings (SSSR count). The maximum atomic E-state index is 14.5. The average molecular weight is 680 g/mol. The van der Waals surface area contributed by atoms with E-state index < -0.39 is 46.1 Å². The number of nitrogens with zero attached hydrogens (tertiary/aromatic N) is 2. The van der Waals surface area contributed by atoms with Crippen molar-refractivity contribution < 1.29 is 36.3 Å². The zero-order valence-electron chi connectivity index (χ0n) is 27.2. The van der Waals surface area contributed by atoms with Gasteiger partial charge in [-0.1, -0.05) is 49.4 Å². The number of sulfonamides is 1. The van der Waals surface area contributed by atoms with Gasteiger partial charge in [0.2, 0.25) is 11.8 Å². The second kappa shape index (κ2) is 16.2. The van der Waals surface area contributed by atoms with Gasteiger partial charge in [-0.2, -0.15) is 0 Å². The van der Waals surface area contributed by atoms with Crippen molar-refractivity contribution >= 4 is 27.5 Å². The number of rotatable bonds is 15. The normalized spacial score (nSPS) is 12.5. The van der Waals surface area contributed by atoms with Crippen LogP contribution in [0.4, 0.5) is 14.5 Å². The maximum Gasteiger partial charge on any atom is 0.264 e. The average Bonchev–Trinajstić information content (AvgIpc) is 3.09. The Labute approximate surface area is 280 Å². The highest BCUT2D eigenvalue weighted by Gasteiger charge is 2.35. The van der Waals surface area contributed by atoms with Gasteiger partial charge in [0.05, 0.1) is 24.8 Å². The monoisotopic (exact) mass is 679 g/mol. The van der Waals surface area contributed by atoms with Gasteiger partial charge in [0.25, 0.3) is 10.0 Å². The van der Waals surface area contributed by atoms with Gasteiger partial charge < -0.3 is 19.7 Å². The lowest BCUT2D eigenvalue weighted by molar-refractivity contribution is -0.140. The Morgan fingerprint density at radius 2 is 1.42 bits per heavy atom. The molecule has 0 aliphatic rings.